The molecule has 0 spiro atoms. The lowest BCUT2D eigenvalue weighted by Crippen LogP contribution is -2.37. The number of rotatable bonds is 7. The zero-order valence-corrected chi connectivity index (χ0v) is 20.6. The summed E-state index contributed by atoms with van der Waals surface area (Å²) in [7, 11) is 3.69. The Hall–Kier alpha value is -3.32. The van der Waals surface area contributed by atoms with Crippen molar-refractivity contribution in [3.63, 3.8) is 0 Å². The molecule has 2 unspecified atom stereocenters. The van der Waals surface area contributed by atoms with Gasteiger partial charge in [0.1, 0.15) is 23.4 Å². The van der Waals surface area contributed by atoms with Gasteiger partial charge in [0.2, 0.25) is 5.95 Å². The highest BCUT2D eigenvalue weighted by Crippen LogP contribution is 2.47. The Balaban J connectivity index is 1.48. The summed E-state index contributed by atoms with van der Waals surface area (Å²) in [4.78, 5) is 22.1. The molecule has 184 valence electrons. The van der Waals surface area contributed by atoms with Crippen LogP contribution >= 0.6 is 11.8 Å². The van der Waals surface area contributed by atoms with E-state index in [0.29, 0.717) is 65.6 Å². The van der Waals surface area contributed by atoms with Gasteiger partial charge in [-0.05, 0) is 37.1 Å². The molecule has 3 heterocycles. The number of anilines is 3. The molecule has 35 heavy (non-hydrogen) atoms. The van der Waals surface area contributed by atoms with Crippen molar-refractivity contribution >= 4 is 35.2 Å². The van der Waals surface area contributed by atoms with Crippen LogP contribution in [0.4, 0.5) is 26.0 Å². The highest BCUT2D eigenvalue weighted by atomic mass is 32.2. The van der Waals surface area contributed by atoms with Crippen molar-refractivity contribution in [3.05, 3.63) is 58.0 Å². The van der Waals surface area contributed by atoms with Crippen molar-refractivity contribution in [2.75, 3.05) is 49.3 Å². The molecule has 0 radical (unpaired) electrons. The summed E-state index contributed by atoms with van der Waals surface area (Å²) in [6, 6.07) is 10.9. The van der Waals surface area contributed by atoms with Crippen LogP contribution in [0.3, 0.4) is 0 Å². The third kappa shape index (κ3) is 5.05. The van der Waals surface area contributed by atoms with Gasteiger partial charge in [-0.15, -0.1) is 0 Å². The monoisotopic (exact) mass is 498 g/mol. The van der Waals surface area contributed by atoms with Crippen molar-refractivity contribution in [1.29, 1.82) is 5.26 Å². The van der Waals surface area contributed by atoms with Crippen LogP contribution in [0, 0.1) is 17.3 Å². The molecule has 0 amide bonds. The number of carbonyl (C=O) groups is 1. The Morgan fingerprint density at radius 3 is 2.86 bits per heavy atom. The lowest BCUT2D eigenvalue weighted by Gasteiger charge is -2.30. The molecule has 2 aliphatic heterocycles. The fraction of sp³-hybridized carbons (Fsp3) is 0.400. The van der Waals surface area contributed by atoms with Crippen LogP contribution in [-0.4, -0.2) is 56.1 Å². The molecule has 2 aromatic rings. The number of thioether (sulfide) groups is 1. The molecule has 10 heteroatoms. The molecule has 2 N–H and O–H groups in total. The van der Waals surface area contributed by atoms with Crippen molar-refractivity contribution in [1.82, 2.24) is 9.88 Å². The summed E-state index contributed by atoms with van der Waals surface area (Å²) in [6.45, 7) is 1.40. The molecule has 7 nitrogen and oxygen atoms in total. The van der Waals surface area contributed by atoms with Crippen LogP contribution in [0.15, 0.2) is 40.9 Å². The molecule has 1 fully saturated rings. The van der Waals surface area contributed by atoms with Gasteiger partial charge in [-0.2, -0.15) is 9.65 Å². The van der Waals surface area contributed by atoms with Gasteiger partial charge in [0.15, 0.2) is 6.29 Å². The summed E-state index contributed by atoms with van der Waals surface area (Å²) < 4.78 is 28.9. The minimum absolute atomic E-state index is 0.221. The van der Waals surface area contributed by atoms with Crippen molar-refractivity contribution < 1.29 is 13.6 Å². The van der Waals surface area contributed by atoms with E-state index in [9.17, 15) is 14.4 Å². The molecule has 0 bridgehead atoms. The van der Waals surface area contributed by atoms with Gasteiger partial charge >= 0.3 is 0 Å². The second kappa shape index (κ2) is 10.5. The quantitative estimate of drug-likeness (QED) is 0.345. The van der Waals surface area contributed by atoms with Gasteiger partial charge in [-0.25, -0.2) is 9.37 Å². The fourth-order valence-electron chi connectivity index (χ4n) is 4.57. The van der Waals surface area contributed by atoms with E-state index >= 15 is 4.39 Å². The van der Waals surface area contributed by atoms with E-state index in [4.69, 9.17) is 5.73 Å². The number of allylic oxidation sites excluding steroid dienone is 1. The third-order valence-electron chi connectivity index (χ3n) is 6.51. The van der Waals surface area contributed by atoms with Crippen LogP contribution in [0.2, 0.25) is 0 Å². The number of aldehydes is 1. The minimum atomic E-state index is -0.929. The molecule has 2 aliphatic rings. The molecule has 1 aromatic carbocycles. The number of halogens is 2. The smallest absolute Gasteiger partial charge is 0.220 e. The van der Waals surface area contributed by atoms with E-state index in [2.05, 4.69) is 11.1 Å². The number of hydrogen-bond donors (Lipinski definition) is 1. The lowest BCUT2D eigenvalue weighted by molar-refractivity contribution is -0.104. The number of nitrogens with two attached hydrogens (primary N) is 1. The van der Waals surface area contributed by atoms with Crippen LogP contribution in [0.5, 0.6) is 0 Å². The van der Waals surface area contributed by atoms with Crippen LogP contribution in [0.1, 0.15) is 35.8 Å². The summed E-state index contributed by atoms with van der Waals surface area (Å²) in [6.07, 6.45) is 1.62. The highest BCUT2D eigenvalue weighted by Gasteiger charge is 2.33. The zero-order valence-electron chi connectivity index (χ0n) is 19.7. The average molecular weight is 499 g/mol. The number of benzene rings is 1. The van der Waals surface area contributed by atoms with E-state index in [0.717, 1.165) is 12.0 Å². The molecule has 2 atom stereocenters. The zero-order chi connectivity index (χ0) is 25.1. The van der Waals surface area contributed by atoms with Crippen LogP contribution in [0.25, 0.3) is 0 Å². The van der Waals surface area contributed by atoms with Gasteiger partial charge in [-0.3, -0.25) is 4.79 Å². The average Bonchev–Trinajstić information content (AvgIpc) is 3.17. The number of piperidine rings is 1. The first-order chi connectivity index (χ1) is 16.8. The number of aromatic nitrogens is 1. The standard InChI is InChI=1S/C25H28F2N6OS/c1-31(20-7-3-6-19(29)18(20)13-28)12-10-21-22(15-34)35-25(32(21)2)17-8-9-23(30-24(17)27)33-11-4-5-16(26)14-33/h3,6-9,15-16,25H,4-5,10-12,14,29H2,1-2H3. The Morgan fingerprint density at radius 1 is 1.37 bits per heavy atom. The van der Waals surface area contributed by atoms with Gasteiger partial charge in [0.25, 0.3) is 0 Å². The Labute approximate surface area is 208 Å². The predicted molar refractivity (Wildman–Crippen MR) is 135 cm³/mol. The second-order valence-electron chi connectivity index (χ2n) is 8.77. The molecule has 0 saturated carbocycles. The number of pyridine rings is 1. The Morgan fingerprint density at radius 2 is 2.17 bits per heavy atom. The number of alkyl halides is 1. The number of nitrogen functional groups attached to an aromatic ring is 1. The largest absolute Gasteiger partial charge is 0.398 e. The summed E-state index contributed by atoms with van der Waals surface area (Å²) in [5, 5.41) is 9.03. The summed E-state index contributed by atoms with van der Waals surface area (Å²) in [5.41, 5.74) is 8.64. The molecule has 4 rings (SSSR count). The van der Waals surface area contributed by atoms with Crippen LogP contribution < -0.4 is 15.5 Å². The lowest BCUT2D eigenvalue weighted by atomic mass is 10.1. The predicted octanol–water partition coefficient (Wildman–Crippen LogP) is 4.23. The highest BCUT2D eigenvalue weighted by molar-refractivity contribution is 8.04. The molecular weight excluding hydrogens is 470 g/mol. The topological polar surface area (TPSA) is 89.5 Å². The third-order valence-corrected chi connectivity index (χ3v) is 7.89. The molecule has 1 aromatic heterocycles. The van der Waals surface area contributed by atoms with Crippen molar-refractivity contribution in [2.45, 2.75) is 30.8 Å². The Kier molecular flexibility index (Phi) is 7.45. The van der Waals surface area contributed by atoms with E-state index in [1.807, 2.05) is 30.0 Å². The normalized spacial score (nSPS) is 20.2. The van der Waals surface area contributed by atoms with Gasteiger partial charge < -0.3 is 20.4 Å². The van der Waals surface area contributed by atoms with Gasteiger partial charge in [-0.1, -0.05) is 17.8 Å². The molecule has 0 aliphatic carbocycles. The van der Waals surface area contributed by atoms with Crippen molar-refractivity contribution in [3.8, 4) is 6.07 Å². The first kappa shape index (κ1) is 24.8. The first-order valence-electron chi connectivity index (χ1n) is 11.5. The van der Waals surface area contributed by atoms with Crippen LogP contribution in [-0.2, 0) is 4.79 Å². The SMILES string of the molecule is CN(CCC1=C(C=O)SC(c2ccc(N3CCCC(F)C3)nc2F)N1C)c1cccc(N)c1C#N. The fourth-order valence-corrected chi connectivity index (χ4v) is 5.84. The van der Waals surface area contributed by atoms with Crippen molar-refractivity contribution in [2.24, 2.45) is 0 Å². The Bertz CT molecular complexity index is 1180. The number of carbonyl (C=O) groups excluding carboxylic acids is 1. The number of hydrogen-bond acceptors (Lipinski definition) is 8. The van der Waals surface area contributed by atoms with E-state index in [-0.39, 0.29) is 6.54 Å². The van der Waals surface area contributed by atoms with Gasteiger partial charge in [0, 0.05) is 44.9 Å². The maximum absolute atomic E-state index is 15.1. The number of nitriles is 1. The number of nitrogens with zero attached hydrogens (tertiary/aromatic N) is 5. The molecular formula is C25H28F2N6OS. The van der Waals surface area contributed by atoms with E-state index in [1.54, 1.807) is 29.2 Å². The second-order valence-corrected chi connectivity index (χ2v) is 9.89. The maximum Gasteiger partial charge on any atom is 0.220 e. The van der Waals surface area contributed by atoms with E-state index in [1.165, 1.54) is 11.8 Å². The molecule has 1 saturated heterocycles. The first-order valence-corrected chi connectivity index (χ1v) is 12.3. The maximum atomic E-state index is 15.1. The van der Waals surface area contributed by atoms with E-state index < -0.39 is 17.5 Å². The minimum Gasteiger partial charge on any atom is -0.398 e. The summed E-state index contributed by atoms with van der Waals surface area (Å²) in [5.74, 6) is -0.185. The van der Waals surface area contributed by atoms with Gasteiger partial charge in [0.05, 0.1) is 28.4 Å². The summed E-state index contributed by atoms with van der Waals surface area (Å²) >= 11 is 1.29.